The van der Waals surface area contributed by atoms with E-state index in [2.05, 4.69) is 113 Å². The molecule has 0 fully saturated rings. The normalized spacial score (nSPS) is 11.5. The average molecular weight is 413 g/mol. The van der Waals surface area contributed by atoms with Crippen LogP contribution in [-0.4, -0.2) is 0 Å². The van der Waals surface area contributed by atoms with Crippen LogP contribution in [0.25, 0.3) is 21.7 Å². The van der Waals surface area contributed by atoms with Crippen molar-refractivity contribution in [3.63, 3.8) is 0 Å². The summed E-state index contributed by atoms with van der Waals surface area (Å²) in [6, 6.07) is 33.8. The minimum Gasteiger partial charge on any atom is -0.460 e. The van der Waals surface area contributed by atoms with Crippen LogP contribution in [0.2, 0.25) is 0 Å². The zero-order valence-corrected chi connectivity index (χ0v) is 16.2. The summed E-state index contributed by atoms with van der Waals surface area (Å²) < 4.78 is 7.46. The van der Waals surface area contributed by atoms with Gasteiger partial charge in [0.1, 0.15) is 11.3 Å². The van der Waals surface area contributed by atoms with E-state index in [1.165, 1.54) is 21.9 Å². The molecule has 0 saturated carbocycles. The van der Waals surface area contributed by atoms with Crippen LogP contribution in [0.1, 0.15) is 22.8 Å². The standard InChI is InChI=1S/C25H17BrO/c26-22-16-23-21(19-13-7-8-14-20(19)22)15-24(27-23)25(17-9-3-1-4-10-17)18-11-5-2-6-12-18/h1-16,25H. The van der Waals surface area contributed by atoms with E-state index in [0.29, 0.717) is 0 Å². The third-order valence-corrected chi connectivity index (χ3v) is 5.72. The molecule has 4 aromatic carbocycles. The van der Waals surface area contributed by atoms with Crippen molar-refractivity contribution in [3.05, 3.63) is 118 Å². The van der Waals surface area contributed by atoms with Crippen molar-refractivity contribution in [1.82, 2.24) is 0 Å². The number of halogens is 1. The molecule has 0 spiro atoms. The Hall–Kier alpha value is -2.84. The second-order valence-electron chi connectivity index (χ2n) is 6.72. The molecule has 0 bridgehead atoms. The maximum Gasteiger partial charge on any atom is 0.136 e. The van der Waals surface area contributed by atoms with Crippen LogP contribution in [0.15, 0.2) is 106 Å². The smallest absolute Gasteiger partial charge is 0.136 e. The highest BCUT2D eigenvalue weighted by atomic mass is 79.9. The minimum atomic E-state index is 0.0670. The molecule has 130 valence electrons. The Balaban J connectivity index is 1.77. The van der Waals surface area contributed by atoms with E-state index in [9.17, 15) is 0 Å². The van der Waals surface area contributed by atoms with Crippen LogP contribution in [0.4, 0.5) is 0 Å². The first-order valence-electron chi connectivity index (χ1n) is 9.02. The van der Waals surface area contributed by atoms with Gasteiger partial charge in [0, 0.05) is 9.86 Å². The summed E-state index contributed by atoms with van der Waals surface area (Å²) in [4.78, 5) is 0. The molecule has 0 aliphatic heterocycles. The number of hydrogen-bond acceptors (Lipinski definition) is 1. The molecule has 0 N–H and O–H groups in total. The van der Waals surface area contributed by atoms with Gasteiger partial charge in [-0.2, -0.15) is 0 Å². The molecule has 0 unspecified atom stereocenters. The fraction of sp³-hybridized carbons (Fsp3) is 0.0400. The SMILES string of the molecule is Brc1cc2oc(C(c3ccccc3)c3ccccc3)cc2c2ccccc12. The van der Waals surface area contributed by atoms with Crippen LogP contribution in [0.3, 0.4) is 0 Å². The van der Waals surface area contributed by atoms with E-state index < -0.39 is 0 Å². The maximum absolute atomic E-state index is 6.40. The van der Waals surface area contributed by atoms with Gasteiger partial charge in [0.25, 0.3) is 0 Å². The quantitative estimate of drug-likeness (QED) is 0.298. The van der Waals surface area contributed by atoms with Gasteiger partial charge in [0.15, 0.2) is 0 Å². The van der Waals surface area contributed by atoms with Crippen molar-refractivity contribution >= 4 is 37.7 Å². The molecule has 0 amide bonds. The van der Waals surface area contributed by atoms with Crippen molar-refractivity contribution in [2.75, 3.05) is 0 Å². The summed E-state index contributed by atoms with van der Waals surface area (Å²) in [5, 5.41) is 3.56. The van der Waals surface area contributed by atoms with Gasteiger partial charge in [-0.3, -0.25) is 0 Å². The van der Waals surface area contributed by atoms with Crippen LogP contribution in [0.5, 0.6) is 0 Å². The molecule has 1 heterocycles. The van der Waals surface area contributed by atoms with Crippen LogP contribution in [-0.2, 0) is 0 Å². The Morgan fingerprint density at radius 3 is 1.78 bits per heavy atom. The molecule has 0 aliphatic carbocycles. The van der Waals surface area contributed by atoms with E-state index in [-0.39, 0.29) is 5.92 Å². The van der Waals surface area contributed by atoms with Crippen molar-refractivity contribution in [3.8, 4) is 0 Å². The van der Waals surface area contributed by atoms with Crippen LogP contribution in [0, 0.1) is 0 Å². The third kappa shape index (κ3) is 2.87. The van der Waals surface area contributed by atoms with Crippen LogP contribution >= 0.6 is 15.9 Å². The Kier molecular flexibility index (Phi) is 4.06. The second kappa shape index (κ2) is 6.71. The van der Waals surface area contributed by atoms with Gasteiger partial charge in [-0.15, -0.1) is 0 Å². The molecule has 2 heteroatoms. The third-order valence-electron chi connectivity index (χ3n) is 5.06. The van der Waals surface area contributed by atoms with Gasteiger partial charge in [-0.1, -0.05) is 101 Å². The van der Waals surface area contributed by atoms with Crippen molar-refractivity contribution in [2.45, 2.75) is 5.92 Å². The summed E-state index contributed by atoms with van der Waals surface area (Å²) in [7, 11) is 0. The topological polar surface area (TPSA) is 13.1 Å². The molecule has 5 rings (SSSR count). The van der Waals surface area contributed by atoms with Gasteiger partial charge in [-0.25, -0.2) is 0 Å². The molecule has 5 aromatic rings. The lowest BCUT2D eigenvalue weighted by atomic mass is 9.89. The summed E-state index contributed by atoms with van der Waals surface area (Å²) in [6.45, 7) is 0. The lowest BCUT2D eigenvalue weighted by Crippen LogP contribution is -2.01. The molecule has 0 radical (unpaired) electrons. The molecule has 1 aromatic heterocycles. The largest absolute Gasteiger partial charge is 0.460 e. The molecule has 0 saturated heterocycles. The molecule has 0 atom stereocenters. The molecule has 27 heavy (non-hydrogen) atoms. The van der Waals surface area contributed by atoms with Crippen LogP contribution < -0.4 is 0 Å². The lowest BCUT2D eigenvalue weighted by molar-refractivity contribution is 0.541. The molecule has 0 aliphatic rings. The first kappa shape index (κ1) is 16.3. The monoisotopic (exact) mass is 412 g/mol. The summed E-state index contributed by atoms with van der Waals surface area (Å²) in [5.41, 5.74) is 3.37. The number of benzene rings is 4. The molecular formula is C25H17BrO. The molecule has 1 nitrogen and oxygen atoms in total. The number of fused-ring (bicyclic) bond motifs is 3. The predicted molar refractivity (Wildman–Crippen MR) is 115 cm³/mol. The number of rotatable bonds is 3. The maximum atomic E-state index is 6.40. The van der Waals surface area contributed by atoms with E-state index >= 15 is 0 Å². The summed E-state index contributed by atoms with van der Waals surface area (Å²) in [6.07, 6.45) is 0. The Morgan fingerprint density at radius 2 is 1.15 bits per heavy atom. The lowest BCUT2D eigenvalue weighted by Gasteiger charge is -2.15. The van der Waals surface area contributed by atoms with Gasteiger partial charge in [-0.05, 0) is 34.0 Å². The van der Waals surface area contributed by atoms with Crippen molar-refractivity contribution < 1.29 is 4.42 Å². The van der Waals surface area contributed by atoms with Gasteiger partial charge in [0.2, 0.25) is 0 Å². The number of hydrogen-bond donors (Lipinski definition) is 0. The van der Waals surface area contributed by atoms with Crippen molar-refractivity contribution in [2.24, 2.45) is 0 Å². The van der Waals surface area contributed by atoms with E-state index in [1.54, 1.807) is 0 Å². The van der Waals surface area contributed by atoms with E-state index in [1.807, 2.05) is 0 Å². The Labute approximate surface area is 166 Å². The molecular weight excluding hydrogens is 396 g/mol. The average Bonchev–Trinajstić information content (AvgIpc) is 3.13. The Morgan fingerprint density at radius 1 is 0.593 bits per heavy atom. The first-order chi connectivity index (χ1) is 13.3. The zero-order valence-electron chi connectivity index (χ0n) is 14.6. The van der Waals surface area contributed by atoms with Gasteiger partial charge < -0.3 is 4.42 Å². The highest BCUT2D eigenvalue weighted by Crippen LogP contribution is 2.39. The summed E-state index contributed by atoms with van der Waals surface area (Å²) in [5.74, 6) is 1.03. The predicted octanol–water partition coefficient (Wildman–Crippen LogP) is 7.53. The highest BCUT2D eigenvalue weighted by Gasteiger charge is 2.21. The summed E-state index contributed by atoms with van der Waals surface area (Å²) >= 11 is 3.69. The van der Waals surface area contributed by atoms with Gasteiger partial charge in [0.05, 0.1) is 5.92 Å². The fourth-order valence-electron chi connectivity index (χ4n) is 3.82. The second-order valence-corrected chi connectivity index (χ2v) is 7.57. The fourth-order valence-corrected chi connectivity index (χ4v) is 4.37. The zero-order chi connectivity index (χ0) is 18.2. The van der Waals surface area contributed by atoms with E-state index in [0.717, 1.165) is 21.2 Å². The van der Waals surface area contributed by atoms with Crippen molar-refractivity contribution in [1.29, 1.82) is 0 Å². The highest BCUT2D eigenvalue weighted by molar-refractivity contribution is 9.10. The van der Waals surface area contributed by atoms with E-state index in [4.69, 9.17) is 4.42 Å². The number of furan rings is 1. The minimum absolute atomic E-state index is 0.0670. The Bertz CT molecular complexity index is 1180. The first-order valence-corrected chi connectivity index (χ1v) is 9.81. The van der Waals surface area contributed by atoms with Gasteiger partial charge >= 0.3 is 0 Å².